The zero-order valence-electron chi connectivity index (χ0n) is 11.2. The Balaban J connectivity index is 2.25. The van der Waals surface area contributed by atoms with Crippen LogP contribution in [0.1, 0.15) is 18.5 Å². The van der Waals surface area contributed by atoms with E-state index in [0.717, 1.165) is 0 Å². The molecule has 0 bridgehead atoms. The van der Waals surface area contributed by atoms with E-state index in [-0.39, 0.29) is 23.2 Å². The highest BCUT2D eigenvalue weighted by Crippen LogP contribution is 2.31. The summed E-state index contributed by atoms with van der Waals surface area (Å²) >= 11 is 0. The third kappa shape index (κ3) is 2.93. The third-order valence-electron chi connectivity index (χ3n) is 3.03. The summed E-state index contributed by atoms with van der Waals surface area (Å²) in [5.41, 5.74) is 0.842. The summed E-state index contributed by atoms with van der Waals surface area (Å²) < 4.78 is 18.8. The number of rotatable bonds is 4. The first-order chi connectivity index (χ1) is 9.51. The molecular weight excluding hydrogens is 261 g/mol. The molecule has 0 aliphatic carbocycles. The van der Waals surface area contributed by atoms with Gasteiger partial charge in [-0.25, -0.2) is 4.39 Å². The van der Waals surface area contributed by atoms with E-state index in [0.29, 0.717) is 11.3 Å². The van der Waals surface area contributed by atoms with Gasteiger partial charge in [-0.2, -0.15) is 0 Å². The van der Waals surface area contributed by atoms with Crippen molar-refractivity contribution in [1.29, 1.82) is 0 Å². The van der Waals surface area contributed by atoms with Gasteiger partial charge in [0.2, 0.25) is 0 Å². The van der Waals surface area contributed by atoms with Crippen molar-refractivity contribution >= 4 is 5.69 Å². The number of methoxy groups -OCH3 is 1. The molecule has 0 radical (unpaired) electrons. The maximum Gasteiger partial charge on any atom is 0.146 e. The topological polar surface area (TPSA) is 61.7 Å². The molecule has 0 aromatic heterocycles. The number of phenolic OH excluding ortho intramolecular Hbond substituents is 2. The molecule has 0 amide bonds. The van der Waals surface area contributed by atoms with Crippen LogP contribution in [0.25, 0.3) is 0 Å². The van der Waals surface area contributed by atoms with E-state index in [4.69, 9.17) is 4.74 Å². The van der Waals surface area contributed by atoms with Gasteiger partial charge in [0.05, 0.1) is 18.8 Å². The van der Waals surface area contributed by atoms with Crippen LogP contribution >= 0.6 is 0 Å². The fourth-order valence-electron chi connectivity index (χ4n) is 1.95. The highest BCUT2D eigenvalue weighted by Gasteiger charge is 2.13. The molecule has 1 unspecified atom stereocenters. The van der Waals surface area contributed by atoms with Gasteiger partial charge in [0.15, 0.2) is 0 Å². The Hall–Kier alpha value is -2.43. The van der Waals surface area contributed by atoms with Crippen LogP contribution in [0, 0.1) is 5.82 Å². The van der Waals surface area contributed by atoms with Crippen molar-refractivity contribution in [3.63, 3.8) is 0 Å². The number of halogens is 1. The lowest BCUT2D eigenvalue weighted by atomic mass is 10.1. The minimum absolute atomic E-state index is 0.0222. The summed E-state index contributed by atoms with van der Waals surface area (Å²) in [6.07, 6.45) is 0. The van der Waals surface area contributed by atoms with Crippen LogP contribution in [0.5, 0.6) is 17.2 Å². The van der Waals surface area contributed by atoms with Gasteiger partial charge >= 0.3 is 0 Å². The zero-order chi connectivity index (χ0) is 14.7. The van der Waals surface area contributed by atoms with Gasteiger partial charge in [-0.1, -0.05) is 0 Å². The molecule has 4 nitrogen and oxygen atoms in total. The Kier molecular flexibility index (Phi) is 3.98. The van der Waals surface area contributed by atoms with Crippen molar-refractivity contribution in [2.24, 2.45) is 0 Å². The molecule has 0 aliphatic rings. The van der Waals surface area contributed by atoms with Crippen LogP contribution in [0.4, 0.5) is 10.1 Å². The molecule has 5 heteroatoms. The highest BCUT2D eigenvalue weighted by molar-refractivity contribution is 5.52. The maximum absolute atomic E-state index is 13.7. The van der Waals surface area contributed by atoms with Gasteiger partial charge in [0.25, 0.3) is 0 Å². The summed E-state index contributed by atoms with van der Waals surface area (Å²) in [5, 5.41) is 22.0. The largest absolute Gasteiger partial charge is 0.508 e. The molecule has 20 heavy (non-hydrogen) atoms. The zero-order valence-corrected chi connectivity index (χ0v) is 11.2. The normalized spacial score (nSPS) is 11.9. The van der Waals surface area contributed by atoms with Crippen LogP contribution in [0.2, 0.25) is 0 Å². The van der Waals surface area contributed by atoms with E-state index >= 15 is 0 Å². The SMILES string of the molecule is COc1ccc(F)c(NC(C)c2ccc(O)cc2O)c1. The molecule has 1 atom stereocenters. The predicted octanol–water partition coefficient (Wildman–Crippen LogP) is 3.42. The lowest BCUT2D eigenvalue weighted by molar-refractivity contribution is 0.414. The van der Waals surface area contributed by atoms with Crippen molar-refractivity contribution in [2.75, 3.05) is 12.4 Å². The Morgan fingerprint density at radius 1 is 1.15 bits per heavy atom. The van der Waals surface area contributed by atoms with E-state index in [1.165, 1.54) is 31.4 Å². The monoisotopic (exact) mass is 277 g/mol. The Labute approximate surface area is 116 Å². The maximum atomic E-state index is 13.7. The Morgan fingerprint density at radius 3 is 2.55 bits per heavy atom. The first kappa shape index (κ1) is 14.0. The average Bonchev–Trinajstić information content (AvgIpc) is 2.41. The number of ether oxygens (including phenoxy) is 1. The molecule has 3 N–H and O–H groups in total. The molecule has 0 aliphatic heterocycles. The second-order valence-electron chi connectivity index (χ2n) is 4.45. The average molecular weight is 277 g/mol. The number of hydrogen-bond donors (Lipinski definition) is 3. The summed E-state index contributed by atoms with van der Waals surface area (Å²) in [7, 11) is 1.51. The minimum Gasteiger partial charge on any atom is -0.508 e. The first-order valence-electron chi connectivity index (χ1n) is 6.13. The van der Waals surface area contributed by atoms with Gasteiger partial charge in [-0.3, -0.25) is 0 Å². The number of phenols is 2. The van der Waals surface area contributed by atoms with E-state index in [1.54, 1.807) is 19.1 Å². The van der Waals surface area contributed by atoms with E-state index in [2.05, 4.69) is 5.32 Å². The number of hydrogen-bond acceptors (Lipinski definition) is 4. The number of nitrogens with one attached hydrogen (secondary N) is 1. The van der Waals surface area contributed by atoms with Crippen molar-refractivity contribution in [1.82, 2.24) is 0 Å². The molecule has 106 valence electrons. The number of benzene rings is 2. The van der Waals surface area contributed by atoms with Crippen LogP contribution in [-0.4, -0.2) is 17.3 Å². The van der Waals surface area contributed by atoms with E-state index < -0.39 is 5.82 Å². The molecule has 0 saturated carbocycles. The van der Waals surface area contributed by atoms with Gasteiger partial charge in [-0.15, -0.1) is 0 Å². The van der Waals surface area contributed by atoms with Crippen LogP contribution in [-0.2, 0) is 0 Å². The number of anilines is 1. The van der Waals surface area contributed by atoms with Crippen molar-refractivity contribution in [2.45, 2.75) is 13.0 Å². The molecule has 0 heterocycles. The van der Waals surface area contributed by atoms with Crippen LogP contribution < -0.4 is 10.1 Å². The summed E-state index contributed by atoms with van der Waals surface area (Å²) in [5.74, 6) is 0.0614. The first-order valence-corrected chi connectivity index (χ1v) is 6.13. The van der Waals surface area contributed by atoms with E-state index in [1.807, 2.05) is 0 Å². The van der Waals surface area contributed by atoms with Gasteiger partial charge in [0, 0.05) is 17.7 Å². The minimum atomic E-state index is -0.407. The quantitative estimate of drug-likeness (QED) is 0.801. The molecule has 0 fully saturated rings. The summed E-state index contributed by atoms with van der Waals surface area (Å²) in [4.78, 5) is 0. The highest BCUT2D eigenvalue weighted by atomic mass is 19.1. The van der Waals surface area contributed by atoms with Crippen molar-refractivity contribution in [3.05, 3.63) is 47.8 Å². The van der Waals surface area contributed by atoms with Gasteiger partial charge in [-0.05, 0) is 31.2 Å². The molecule has 2 aromatic carbocycles. The van der Waals surface area contributed by atoms with Crippen LogP contribution in [0.3, 0.4) is 0 Å². The summed E-state index contributed by atoms with van der Waals surface area (Å²) in [6.45, 7) is 1.78. The Bertz CT molecular complexity index is 616. The molecule has 0 saturated heterocycles. The van der Waals surface area contributed by atoms with Gasteiger partial charge in [0.1, 0.15) is 23.1 Å². The fraction of sp³-hybridized carbons (Fsp3) is 0.200. The molecular formula is C15H16FNO3. The molecule has 2 rings (SSSR count). The summed E-state index contributed by atoms with van der Waals surface area (Å²) in [6, 6.07) is 8.35. The van der Waals surface area contributed by atoms with Crippen molar-refractivity contribution in [3.8, 4) is 17.2 Å². The second-order valence-corrected chi connectivity index (χ2v) is 4.45. The number of aromatic hydroxyl groups is 2. The lowest BCUT2D eigenvalue weighted by Gasteiger charge is -2.18. The standard InChI is InChI=1S/C15H16FNO3/c1-9(12-5-3-10(18)7-15(12)19)17-14-8-11(20-2)4-6-13(14)16/h3-9,17-19H,1-2H3. The second kappa shape index (κ2) is 5.69. The smallest absolute Gasteiger partial charge is 0.146 e. The predicted molar refractivity (Wildman–Crippen MR) is 74.8 cm³/mol. The van der Waals surface area contributed by atoms with Crippen LogP contribution in [0.15, 0.2) is 36.4 Å². The Morgan fingerprint density at radius 2 is 1.90 bits per heavy atom. The fourth-order valence-corrected chi connectivity index (χ4v) is 1.95. The van der Waals surface area contributed by atoms with Crippen molar-refractivity contribution < 1.29 is 19.3 Å². The molecule has 0 spiro atoms. The lowest BCUT2D eigenvalue weighted by Crippen LogP contribution is -2.08. The molecule has 2 aromatic rings. The third-order valence-corrected chi connectivity index (χ3v) is 3.03. The van der Waals surface area contributed by atoms with E-state index in [9.17, 15) is 14.6 Å². The van der Waals surface area contributed by atoms with Gasteiger partial charge < -0.3 is 20.3 Å².